The highest BCUT2D eigenvalue weighted by Crippen LogP contribution is 2.16. The molecule has 3 N–H and O–H groups in total. The van der Waals surface area contributed by atoms with Crippen molar-refractivity contribution < 1.29 is 14.5 Å². The SMILES string of the molecule is O=C(/C=C/c1cccc([N+](=O)[O-])c1)NC(=S)Nc1cccc(NC(=O)CCc2ccccc2)c1. The molecule has 0 aliphatic heterocycles. The Kier molecular flexibility index (Phi) is 8.59. The molecule has 172 valence electrons. The first-order valence-corrected chi connectivity index (χ1v) is 10.8. The Morgan fingerprint density at radius 1 is 0.912 bits per heavy atom. The molecular weight excluding hydrogens is 452 g/mol. The Morgan fingerprint density at radius 2 is 1.62 bits per heavy atom. The van der Waals surface area contributed by atoms with E-state index >= 15 is 0 Å². The number of rotatable bonds is 8. The van der Waals surface area contributed by atoms with Crippen LogP contribution >= 0.6 is 12.2 Å². The van der Waals surface area contributed by atoms with Gasteiger partial charge in [0.05, 0.1) is 4.92 Å². The molecule has 0 heterocycles. The number of non-ortho nitro benzene ring substituents is 1. The summed E-state index contributed by atoms with van der Waals surface area (Å²) in [4.78, 5) is 34.7. The fourth-order valence-electron chi connectivity index (χ4n) is 3.03. The molecule has 3 rings (SSSR count). The molecule has 0 saturated carbocycles. The van der Waals surface area contributed by atoms with Gasteiger partial charge >= 0.3 is 0 Å². The normalized spacial score (nSPS) is 10.5. The maximum atomic E-state index is 12.3. The molecule has 0 fully saturated rings. The molecule has 0 unspecified atom stereocenters. The summed E-state index contributed by atoms with van der Waals surface area (Å²) in [5.41, 5.74) is 2.73. The standard InChI is InChI=1S/C25H22N4O4S/c30-23(14-12-18-6-2-1-3-7-18)26-20-9-5-10-21(17-20)27-25(34)28-24(31)15-13-19-8-4-11-22(16-19)29(32)33/h1-11,13,15-17H,12,14H2,(H,26,30)(H2,27,28,31,34)/b15-13+. The molecule has 9 heteroatoms. The fraction of sp³-hybridized carbons (Fsp3) is 0.0800. The number of hydrogen-bond donors (Lipinski definition) is 3. The lowest BCUT2D eigenvalue weighted by Crippen LogP contribution is -2.32. The molecule has 2 amide bonds. The Labute approximate surface area is 201 Å². The van der Waals surface area contributed by atoms with E-state index in [0.29, 0.717) is 29.8 Å². The molecule has 34 heavy (non-hydrogen) atoms. The summed E-state index contributed by atoms with van der Waals surface area (Å²) in [6, 6.07) is 22.6. The van der Waals surface area contributed by atoms with Crippen LogP contribution in [0.4, 0.5) is 17.1 Å². The van der Waals surface area contributed by atoms with Crippen molar-refractivity contribution in [1.29, 1.82) is 0 Å². The van der Waals surface area contributed by atoms with Gasteiger partial charge in [0.1, 0.15) is 0 Å². The quantitative estimate of drug-likeness (QED) is 0.189. The molecular formula is C25H22N4O4S. The molecule has 0 atom stereocenters. The predicted molar refractivity (Wildman–Crippen MR) is 136 cm³/mol. The minimum atomic E-state index is -0.504. The zero-order valence-electron chi connectivity index (χ0n) is 18.1. The number of amides is 2. The monoisotopic (exact) mass is 474 g/mol. The second kappa shape index (κ2) is 12.0. The number of nitro groups is 1. The third-order valence-electron chi connectivity index (χ3n) is 4.63. The van der Waals surface area contributed by atoms with Crippen LogP contribution in [0, 0.1) is 10.1 Å². The molecule has 0 aliphatic rings. The van der Waals surface area contributed by atoms with E-state index in [2.05, 4.69) is 16.0 Å². The van der Waals surface area contributed by atoms with E-state index in [1.165, 1.54) is 30.4 Å². The first kappa shape index (κ1) is 24.3. The summed E-state index contributed by atoms with van der Waals surface area (Å²) in [6.45, 7) is 0. The largest absolute Gasteiger partial charge is 0.332 e. The van der Waals surface area contributed by atoms with E-state index in [4.69, 9.17) is 12.2 Å². The zero-order valence-corrected chi connectivity index (χ0v) is 18.9. The maximum absolute atomic E-state index is 12.3. The van der Waals surface area contributed by atoms with E-state index < -0.39 is 10.8 Å². The van der Waals surface area contributed by atoms with Gasteiger partial charge in [-0.2, -0.15) is 0 Å². The van der Waals surface area contributed by atoms with Gasteiger partial charge in [-0.3, -0.25) is 25.0 Å². The highest BCUT2D eigenvalue weighted by atomic mass is 32.1. The number of thiocarbonyl (C=S) groups is 1. The van der Waals surface area contributed by atoms with Crippen molar-refractivity contribution in [2.75, 3.05) is 10.6 Å². The van der Waals surface area contributed by atoms with Crippen LogP contribution in [0.25, 0.3) is 6.08 Å². The Balaban J connectivity index is 1.49. The highest BCUT2D eigenvalue weighted by Gasteiger charge is 2.07. The van der Waals surface area contributed by atoms with Crippen molar-refractivity contribution in [2.24, 2.45) is 0 Å². The first-order valence-electron chi connectivity index (χ1n) is 10.4. The zero-order chi connectivity index (χ0) is 24.3. The van der Waals surface area contributed by atoms with Gasteiger partial charge in [-0.05, 0) is 54.0 Å². The minimum Gasteiger partial charge on any atom is -0.332 e. The predicted octanol–water partition coefficient (Wildman–Crippen LogP) is 4.69. The van der Waals surface area contributed by atoms with Crippen LogP contribution in [0.1, 0.15) is 17.5 Å². The molecule has 0 aliphatic carbocycles. The van der Waals surface area contributed by atoms with Crippen LogP contribution in [0.3, 0.4) is 0 Å². The summed E-state index contributed by atoms with van der Waals surface area (Å²) in [5.74, 6) is -0.599. The van der Waals surface area contributed by atoms with E-state index in [1.54, 1.807) is 30.3 Å². The number of nitro benzene ring substituents is 1. The van der Waals surface area contributed by atoms with E-state index in [0.717, 1.165) is 5.56 Å². The number of nitrogens with one attached hydrogen (secondary N) is 3. The van der Waals surface area contributed by atoms with Crippen LogP contribution in [-0.2, 0) is 16.0 Å². The first-order chi connectivity index (χ1) is 16.4. The van der Waals surface area contributed by atoms with Crippen molar-refractivity contribution in [1.82, 2.24) is 5.32 Å². The van der Waals surface area contributed by atoms with Gasteiger partial charge < -0.3 is 10.6 Å². The van der Waals surface area contributed by atoms with Gasteiger partial charge in [-0.15, -0.1) is 0 Å². The van der Waals surface area contributed by atoms with Gasteiger partial charge in [0, 0.05) is 36.0 Å². The molecule has 0 bridgehead atoms. The number of carbonyl (C=O) groups is 2. The molecule has 0 aromatic heterocycles. The Hall–Kier alpha value is -4.37. The summed E-state index contributed by atoms with van der Waals surface area (Å²) in [7, 11) is 0. The lowest BCUT2D eigenvalue weighted by atomic mass is 10.1. The number of benzene rings is 3. The van der Waals surface area contributed by atoms with Crippen LogP contribution in [0.5, 0.6) is 0 Å². The minimum absolute atomic E-state index is 0.0632. The smallest absolute Gasteiger partial charge is 0.270 e. The van der Waals surface area contributed by atoms with Crippen molar-refractivity contribution >= 4 is 52.3 Å². The second-order valence-corrected chi connectivity index (χ2v) is 7.65. The lowest BCUT2D eigenvalue weighted by Gasteiger charge is -2.11. The summed E-state index contributed by atoms with van der Waals surface area (Å²) in [6.07, 6.45) is 3.69. The van der Waals surface area contributed by atoms with Crippen LogP contribution in [-0.4, -0.2) is 21.9 Å². The van der Waals surface area contributed by atoms with Crippen LogP contribution in [0.15, 0.2) is 84.9 Å². The average Bonchev–Trinajstić information content (AvgIpc) is 2.82. The van der Waals surface area contributed by atoms with Crippen molar-refractivity contribution in [3.05, 3.63) is 106 Å². The van der Waals surface area contributed by atoms with Crippen molar-refractivity contribution in [3.63, 3.8) is 0 Å². The number of aryl methyl sites for hydroxylation is 1. The average molecular weight is 475 g/mol. The maximum Gasteiger partial charge on any atom is 0.270 e. The number of nitrogens with zero attached hydrogens (tertiary/aromatic N) is 1. The van der Waals surface area contributed by atoms with Crippen LogP contribution < -0.4 is 16.0 Å². The fourth-order valence-corrected chi connectivity index (χ4v) is 3.25. The van der Waals surface area contributed by atoms with Gasteiger partial charge in [-0.25, -0.2) is 0 Å². The van der Waals surface area contributed by atoms with Gasteiger partial charge in [0.25, 0.3) is 5.69 Å². The van der Waals surface area contributed by atoms with E-state index in [9.17, 15) is 19.7 Å². The van der Waals surface area contributed by atoms with Gasteiger partial charge in [0.2, 0.25) is 11.8 Å². The van der Waals surface area contributed by atoms with Crippen molar-refractivity contribution in [3.8, 4) is 0 Å². The van der Waals surface area contributed by atoms with E-state index in [1.807, 2.05) is 30.3 Å². The summed E-state index contributed by atoms with van der Waals surface area (Å²) < 4.78 is 0. The molecule has 3 aromatic carbocycles. The molecule has 0 saturated heterocycles. The molecule has 0 radical (unpaired) electrons. The van der Waals surface area contributed by atoms with Gasteiger partial charge in [0.15, 0.2) is 5.11 Å². The number of hydrogen-bond acceptors (Lipinski definition) is 5. The summed E-state index contributed by atoms with van der Waals surface area (Å²) >= 11 is 5.17. The highest BCUT2D eigenvalue weighted by molar-refractivity contribution is 7.80. The van der Waals surface area contributed by atoms with Crippen LogP contribution in [0.2, 0.25) is 0 Å². The number of anilines is 2. The van der Waals surface area contributed by atoms with Gasteiger partial charge in [-0.1, -0.05) is 48.5 Å². The van der Waals surface area contributed by atoms with E-state index in [-0.39, 0.29) is 16.7 Å². The number of carbonyl (C=O) groups excluding carboxylic acids is 2. The lowest BCUT2D eigenvalue weighted by molar-refractivity contribution is -0.384. The third kappa shape index (κ3) is 7.95. The third-order valence-corrected chi connectivity index (χ3v) is 4.84. The molecule has 3 aromatic rings. The molecule has 0 spiro atoms. The second-order valence-electron chi connectivity index (χ2n) is 7.24. The van der Waals surface area contributed by atoms with Crippen molar-refractivity contribution in [2.45, 2.75) is 12.8 Å². The Morgan fingerprint density at radius 3 is 2.35 bits per heavy atom. The Bertz CT molecular complexity index is 1230. The summed E-state index contributed by atoms with van der Waals surface area (Å²) in [5, 5.41) is 19.2. The molecule has 8 nitrogen and oxygen atoms in total. The topological polar surface area (TPSA) is 113 Å².